The Hall–Kier alpha value is -2.22. The van der Waals surface area contributed by atoms with Crippen molar-refractivity contribution >= 4 is 50.5 Å². The number of carbonyl (C=O) groups is 1. The summed E-state index contributed by atoms with van der Waals surface area (Å²) in [5, 5.41) is 2.88. The Balaban J connectivity index is 2.20. The third-order valence-electron chi connectivity index (χ3n) is 3.37. The summed E-state index contributed by atoms with van der Waals surface area (Å²) in [6.07, 6.45) is 2.59. The van der Waals surface area contributed by atoms with Crippen molar-refractivity contribution in [3.05, 3.63) is 65.2 Å². The number of anilines is 2. The monoisotopic (exact) mass is 428 g/mol. The summed E-state index contributed by atoms with van der Waals surface area (Å²) < 4.78 is 30.6. The van der Waals surface area contributed by atoms with Crippen LogP contribution in [0.15, 0.2) is 55.1 Å². The van der Waals surface area contributed by atoms with Crippen molar-refractivity contribution < 1.29 is 17.9 Å². The van der Waals surface area contributed by atoms with Gasteiger partial charge in [0, 0.05) is 11.8 Å². The first-order valence-corrected chi connectivity index (χ1v) is 10.4. The molecule has 0 atom stereocenters. The van der Waals surface area contributed by atoms with Crippen LogP contribution in [0.5, 0.6) is 5.75 Å². The summed E-state index contributed by atoms with van der Waals surface area (Å²) in [4.78, 5) is 12.4. The van der Waals surface area contributed by atoms with E-state index in [-0.39, 0.29) is 15.7 Å². The van der Waals surface area contributed by atoms with E-state index in [0.29, 0.717) is 18.0 Å². The Morgan fingerprint density at radius 3 is 2.63 bits per heavy atom. The SMILES string of the molecule is C=CCOc1cccc(NC(=O)CN(c2cccc(Cl)c2Cl)S(C)(=O)=O)c1. The zero-order chi connectivity index (χ0) is 20.0. The van der Waals surface area contributed by atoms with Gasteiger partial charge in [0.15, 0.2) is 0 Å². The summed E-state index contributed by atoms with van der Waals surface area (Å²) in [6.45, 7) is 3.43. The van der Waals surface area contributed by atoms with Gasteiger partial charge in [-0.15, -0.1) is 0 Å². The Labute approximate surface area is 168 Å². The molecule has 0 saturated carbocycles. The lowest BCUT2D eigenvalue weighted by atomic mass is 10.3. The van der Waals surface area contributed by atoms with Gasteiger partial charge in [0.25, 0.3) is 0 Å². The number of ether oxygens (including phenoxy) is 1. The number of halogens is 2. The maximum absolute atomic E-state index is 12.4. The summed E-state index contributed by atoms with van der Waals surface area (Å²) in [5.74, 6) is 0.00268. The zero-order valence-electron chi connectivity index (χ0n) is 14.5. The molecule has 0 unspecified atom stereocenters. The fraction of sp³-hybridized carbons (Fsp3) is 0.167. The molecular formula is C18H18Cl2N2O4S. The number of nitrogens with one attached hydrogen (secondary N) is 1. The highest BCUT2D eigenvalue weighted by molar-refractivity contribution is 7.92. The lowest BCUT2D eigenvalue weighted by molar-refractivity contribution is -0.114. The molecule has 6 nitrogen and oxygen atoms in total. The first-order valence-electron chi connectivity index (χ1n) is 7.77. The van der Waals surface area contributed by atoms with Crippen LogP contribution in [0.25, 0.3) is 0 Å². The van der Waals surface area contributed by atoms with Crippen molar-refractivity contribution in [3.8, 4) is 5.75 Å². The van der Waals surface area contributed by atoms with Gasteiger partial charge in [-0.1, -0.05) is 48.0 Å². The van der Waals surface area contributed by atoms with Crippen molar-refractivity contribution in [2.45, 2.75) is 0 Å². The molecular weight excluding hydrogens is 411 g/mol. The Bertz CT molecular complexity index is 948. The van der Waals surface area contributed by atoms with Crippen molar-refractivity contribution in [3.63, 3.8) is 0 Å². The molecule has 2 aromatic rings. The van der Waals surface area contributed by atoms with Crippen LogP contribution < -0.4 is 14.4 Å². The largest absolute Gasteiger partial charge is 0.489 e. The molecule has 0 radical (unpaired) electrons. The van der Waals surface area contributed by atoms with Crippen LogP contribution in [0.1, 0.15) is 0 Å². The quantitative estimate of drug-likeness (QED) is 0.645. The lowest BCUT2D eigenvalue weighted by Gasteiger charge is -2.23. The average molecular weight is 429 g/mol. The van der Waals surface area contributed by atoms with Crippen LogP contribution in [0.4, 0.5) is 11.4 Å². The number of carbonyl (C=O) groups excluding carboxylic acids is 1. The number of hydrogen-bond acceptors (Lipinski definition) is 4. The molecule has 2 aromatic carbocycles. The van der Waals surface area contributed by atoms with Gasteiger partial charge in [-0.3, -0.25) is 9.10 Å². The van der Waals surface area contributed by atoms with Gasteiger partial charge in [-0.05, 0) is 24.3 Å². The minimum atomic E-state index is -3.77. The van der Waals surface area contributed by atoms with Gasteiger partial charge in [-0.25, -0.2) is 8.42 Å². The Morgan fingerprint density at radius 2 is 1.96 bits per heavy atom. The zero-order valence-corrected chi connectivity index (χ0v) is 16.8. The van der Waals surface area contributed by atoms with Crippen molar-refractivity contribution in [2.75, 3.05) is 29.0 Å². The summed E-state index contributed by atoms with van der Waals surface area (Å²) in [6, 6.07) is 11.3. The molecule has 0 spiro atoms. The molecule has 0 bridgehead atoms. The molecule has 9 heteroatoms. The molecule has 27 heavy (non-hydrogen) atoms. The molecule has 1 amide bonds. The minimum absolute atomic E-state index is 0.0530. The molecule has 0 saturated heterocycles. The van der Waals surface area contributed by atoms with E-state index in [9.17, 15) is 13.2 Å². The molecule has 2 rings (SSSR count). The van der Waals surface area contributed by atoms with Crippen LogP contribution >= 0.6 is 23.2 Å². The predicted molar refractivity (Wildman–Crippen MR) is 109 cm³/mol. The van der Waals surface area contributed by atoms with Gasteiger partial charge < -0.3 is 10.1 Å². The Kier molecular flexibility index (Phi) is 7.12. The maximum Gasteiger partial charge on any atom is 0.245 e. The minimum Gasteiger partial charge on any atom is -0.489 e. The topological polar surface area (TPSA) is 75.7 Å². The third kappa shape index (κ3) is 5.89. The second-order valence-corrected chi connectivity index (χ2v) is 8.21. The van der Waals surface area contributed by atoms with E-state index in [1.807, 2.05) is 0 Å². The van der Waals surface area contributed by atoms with Gasteiger partial charge >= 0.3 is 0 Å². The molecule has 0 aliphatic heterocycles. The molecule has 0 heterocycles. The molecule has 0 aromatic heterocycles. The average Bonchev–Trinajstić information content (AvgIpc) is 2.60. The highest BCUT2D eigenvalue weighted by Crippen LogP contribution is 2.33. The van der Waals surface area contributed by atoms with E-state index in [4.69, 9.17) is 27.9 Å². The van der Waals surface area contributed by atoms with E-state index >= 15 is 0 Å². The summed E-state index contributed by atoms with van der Waals surface area (Å²) in [7, 11) is -3.77. The first kappa shape index (κ1) is 21.1. The van der Waals surface area contributed by atoms with E-state index < -0.39 is 22.5 Å². The summed E-state index contributed by atoms with van der Waals surface area (Å²) in [5.41, 5.74) is 0.595. The normalized spacial score (nSPS) is 10.9. The number of amides is 1. The highest BCUT2D eigenvalue weighted by Gasteiger charge is 2.24. The molecule has 144 valence electrons. The number of rotatable bonds is 8. The van der Waals surface area contributed by atoms with Crippen molar-refractivity contribution in [1.82, 2.24) is 0 Å². The summed E-state index contributed by atoms with van der Waals surface area (Å²) >= 11 is 12.1. The van der Waals surface area contributed by atoms with Gasteiger partial charge in [0.05, 0.1) is 22.0 Å². The van der Waals surface area contributed by atoms with E-state index in [1.165, 1.54) is 12.1 Å². The van der Waals surface area contributed by atoms with Crippen LogP contribution in [0.2, 0.25) is 10.0 Å². The van der Waals surface area contributed by atoms with Crippen molar-refractivity contribution in [2.24, 2.45) is 0 Å². The van der Waals surface area contributed by atoms with Crippen molar-refractivity contribution in [1.29, 1.82) is 0 Å². The van der Waals surface area contributed by atoms with E-state index in [0.717, 1.165) is 10.6 Å². The lowest BCUT2D eigenvalue weighted by Crippen LogP contribution is -2.37. The van der Waals surface area contributed by atoms with E-state index in [1.54, 1.807) is 36.4 Å². The smallest absolute Gasteiger partial charge is 0.245 e. The molecule has 0 aliphatic carbocycles. The van der Waals surface area contributed by atoms with Gasteiger partial charge in [0.2, 0.25) is 15.9 Å². The van der Waals surface area contributed by atoms with Crippen LogP contribution in [0, 0.1) is 0 Å². The van der Waals surface area contributed by atoms with Crippen LogP contribution in [-0.4, -0.2) is 33.7 Å². The van der Waals surface area contributed by atoms with Gasteiger partial charge in [0.1, 0.15) is 18.9 Å². The molecule has 1 N–H and O–H groups in total. The maximum atomic E-state index is 12.4. The van der Waals surface area contributed by atoms with E-state index in [2.05, 4.69) is 11.9 Å². The number of hydrogen-bond donors (Lipinski definition) is 1. The van der Waals surface area contributed by atoms with Gasteiger partial charge in [-0.2, -0.15) is 0 Å². The Morgan fingerprint density at radius 1 is 1.26 bits per heavy atom. The standard InChI is InChI=1S/C18H18Cl2N2O4S/c1-3-10-26-14-7-4-6-13(11-14)21-17(23)12-22(27(2,24)25)16-9-5-8-15(19)18(16)20/h3-9,11H,1,10,12H2,2H3,(H,21,23). The first-order chi connectivity index (χ1) is 12.7. The molecule has 0 aliphatic rings. The third-order valence-corrected chi connectivity index (χ3v) is 5.31. The highest BCUT2D eigenvalue weighted by atomic mass is 35.5. The fourth-order valence-corrected chi connectivity index (χ4v) is 3.52. The predicted octanol–water partition coefficient (Wildman–Crippen LogP) is 3.96. The number of nitrogens with zero attached hydrogens (tertiary/aromatic N) is 1. The van der Waals surface area contributed by atoms with Crippen LogP contribution in [-0.2, 0) is 14.8 Å². The van der Waals surface area contributed by atoms with Crippen LogP contribution in [0.3, 0.4) is 0 Å². The number of benzene rings is 2. The fourth-order valence-electron chi connectivity index (χ4n) is 2.22. The number of sulfonamides is 1. The second kappa shape index (κ2) is 9.12. The second-order valence-electron chi connectivity index (χ2n) is 5.52. The molecule has 0 fully saturated rings.